The van der Waals surface area contributed by atoms with Crippen LogP contribution in [0.2, 0.25) is 0 Å². The first-order chi connectivity index (χ1) is 12.4. The van der Waals surface area contributed by atoms with Gasteiger partial charge in [0.25, 0.3) is 5.91 Å². The molecular weight excluding hydrogens is 352 g/mol. The van der Waals surface area contributed by atoms with Crippen LogP contribution in [0.5, 0.6) is 0 Å². The van der Waals surface area contributed by atoms with Crippen LogP contribution >= 0.6 is 11.3 Å². The second kappa shape index (κ2) is 8.20. The number of thiophene rings is 1. The van der Waals surface area contributed by atoms with E-state index in [0.29, 0.717) is 10.6 Å². The Morgan fingerprint density at radius 1 is 1.15 bits per heavy atom. The van der Waals surface area contributed by atoms with E-state index in [2.05, 4.69) is 10.6 Å². The van der Waals surface area contributed by atoms with Crippen molar-refractivity contribution in [3.63, 3.8) is 0 Å². The van der Waals surface area contributed by atoms with Gasteiger partial charge in [0, 0.05) is 23.8 Å². The highest BCUT2D eigenvalue weighted by atomic mass is 32.1. The Kier molecular flexibility index (Phi) is 5.96. The summed E-state index contributed by atoms with van der Waals surface area (Å²) in [6.45, 7) is 1.75. The molecule has 2 amide bonds. The molecule has 0 aliphatic heterocycles. The molecule has 1 saturated carbocycles. The van der Waals surface area contributed by atoms with Gasteiger partial charge in [0.2, 0.25) is 5.91 Å². The summed E-state index contributed by atoms with van der Waals surface area (Å²) in [4.78, 5) is 37.1. The number of nitrogens with one attached hydrogen (secondary N) is 2. The predicted octanol–water partition coefficient (Wildman–Crippen LogP) is 3.35. The van der Waals surface area contributed by atoms with Gasteiger partial charge in [0.05, 0.1) is 5.56 Å². The first-order valence-electron chi connectivity index (χ1n) is 9.41. The SMILES string of the molecule is C[C@H](CC(=O)O)CC(=O)Nc1sc2c(c1C(=O)NC1CCCC1)CCC2. The van der Waals surface area contributed by atoms with E-state index < -0.39 is 5.97 Å². The molecule has 3 rings (SSSR count). The van der Waals surface area contributed by atoms with Crippen molar-refractivity contribution >= 4 is 34.1 Å². The molecule has 3 N–H and O–H groups in total. The molecule has 1 fully saturated rings. The fraction of sp³-hybridized carbons (Fsp3) is 0.632. The van der Waals surface area contributed by atoms with Gasteiger partial charge in [0.1, 0.15) is 5.00 Å². The number of carbonyl (C=O) groups is 3. The molecule has 7 heteroatoms. The molecule has 0 bridgehead atoms. The highest BCUT2D eigenvalue weighted by Gasteiger charge is 2.29. The minimum atomic E-state index is -0.906. The number of carboxylic acid groups (broad SMARTS) is 1. The molecule has 2 aliphatic rings. The largest absolute Gasteiger partial charge is 0.481 e. The maximum Gasteiger partial charge on any atom is 0.303 e. The van der Waals surface area contributed by atoms with Crippen LogP contribution in [-0.2, 0) is 22.4 Å². The Morgan fingerprint density at radius 2 is 1.88 bits per heavy atom. The fourth-order valence-corrected chi connectivity index (χ4v) is 5.23. The average Bonchev–Trinajstić information content (AvgIpc) is 3.22. The highest BCUT2D eigenvalue weighted by molar-refractivity contribution is 7.17. The number of carbonyl (C=O) groups excluding carboxylic acids is 2. The number of fused-ring (bicyclic) bond motifs is 1. The second-order valence-corrected chi connectivity index (χ2v) is 8.58. The van der Waals surface area contributed by atoms with Gasteiger partial charge in [-0.05, 0) is 43.6 Å². The van der Waals surface area contributed by atoms with Gasteiger partial charge in [-0.3, -0.25) is 14.4 Å². The van der Waals surface area contributed by atoms with Gasteiger partial charge in [-0.2, -0.15) is 0 Å². The lowest BCUT2D eigenvalue weighted by atomic mass is 10.0. The number of rotatable bonds is 7. The molecule has 1 aromatic heterocycles. The van der Waals surface area contributed by atoms with E-state index >= 15 is 0 Å². The van der Waals surface area contributed by atoms with Gasteiger partial charge in [-0.15, -0.1) is 11.3 Å². The Bertz CT molecular complexity index is 707. The van der Waals surface area contributed by atoms with Gasteiger partial charge < -0.3 is 15.7 Å². The Morgan fingerprint density at radius 3 is 2.58 bits per heavy atom. The van der Waals surface area contributed by atoms with Gasteiger partial charge in [0.15, 0.2) is 0 Å². The third-order valence-electron chi connectivity index (χ3n) is 5.15. The zero-order valence-electron chi connectivity index (χ0n) is 15.1. The number of aryl methyl sites for hydroxylation is 1. The standard InChI is InChI=1S/C19H26N2O4S/c1-11(10-16(23)24)9-15(22)21-19-17(13-7-4-8-14(13)26-19)18(25)20-12-5-2-3-6-12/h11-12H,2-10H2,1H3,(H,20,25)(H,21,22)(H,23,24)/t11-/m0/s1. The predicted molar refractivity (Wildman–Crippen MR) is 101 cm³/mol. The van der Waals surface area contributed by atoms with Crippen molar-refractivity contribution in [1.29, 1.82) is 0 Å². The molecule has 0 saturated heterocycles. The maximum absolute atomic E-state index is 12.9. The highest BCUT2D eigenvalue weighted by Crippen LogP contribution is 2.39. The molecule has 142 valence electrons. The lowest BCUT2D eigenvalue weighted by Gasteiger charge is -2.14. The summed E-state index contributed by atoms with van der Waals surface area (Å²) in [7, 11) is 0. The van der Waals surface area contributed by atoms with E-state index in [4.69, 9.17) is 5.11 Å². The number of aliphatic carboxylic acids is 1. The lowest BCUT2D eigenvalue weighted by molar-refractivity contribution is -0.138. The zero-order valence-corrected chi connectivity index (χ0v) is 15.9. The number of hydrogen-bond donors (Lipinski definition) is 3. The molecule has 0 unspecified atom stereocenters. The van der Waals surface area contributed by atoms with Crippen LogP contribution in [0.4, 0.5) is 5.00 Å². The van der Waals surface area contributed by atoms with Crippen molar-refractivity contribution in [2.45, 2.75) is 70.8 Å². The summed E-state index contributed by atoms with van der Waals surface area (Å²) >= 11 is 1.50. The van der Waals surface area contributed by atoms with E-state index in [1.54, 1.807) is 6.92 Å². The first-order valence-corrected chi connectivity index (χ1v) is 10.2. The van der Waals surface area contributed by atoms with E-state index in [1.165, 1.54) is 16.2 Å². The fourth-order valence-electron chi connectivity index (χ4n) is 3.92. The lowest BCUT2D eigenvalue weighted by Crippen LogP contribution is -2.33. The van der Waals surface area contributed by atoms with Gasteiger partial charge >= 0.3 is 5.97 Å². The topological polar surface area (TPSA) is 95.5 Å². The van der Waals surface area contributed by atoms with Crippen LogP contribution in [0.25, 0.3) is 0 Å². The summed E-state index contributed by atoms with van der Waals surface area (Å²) in [5.74, 6) is -1.45. The molecule has 1 atom stereocenters. The quantitative estimate of drug-likeness (QED) is 0.678. The minimum absolute atomic E-state index is 0.0383. The van der Waals surface area contributed by atoms with Gasteiger partial charge in [-0.1, -0.05) is 19.8 Å². The number of anilines is 1. The number of carboxylic acids is 1. The molecular formula is C19H26N2O4S. The monoisotopic (exact) mass is 378 g/mol. The van der Waals surface area contributed by atoms with E-state index in [1.807, 2.05) is 0 Å². The smallest absolute Gasteiger partial charge is 0.303 e. The van der Waals surface area contributed by atoms with E-state index in [0.717, 1.165) is 50.5 Å². The third-order valence-corrected chi connectivity index (χ3v) is 6.36. The van der Waals surface area contributed by atoms with Crippen molar-refractivity contribution in [2.24, 2.45) is 5.92 Å². The minimum Gasteiger partial charge on any atom is -0.481 e. The first kappa shape index (κ1) is 18.9. The molecule has 0 aromatic carbocycles. The number of amides is 2. The van der Waals surface area contributed by atoms with Crippen molar-refractivity contribution < 1.29 is 19.5 Å². The van der Waals surface area contributed by atoms with E-state index in [9.17, 15) is 14.4 Å². The van der Waals surface area contributed by atoms with Crippen LogP contribution in [-0.4, -0.2) is 28.9 Å². The van der Waals surface area contributed by atoms with Crippen molar-refractivity contribution in [1.82, 2.24) is 5.32 Å². The second-order valence-electron chi connectivity index (χ2n) is 7.47. The summed E-state index contributed by atoms with van der Waals surface area (Å²) in [6.07, 6.45) is 7.32. The van der Waals surface area contributed by atoms with Gasteiger partial charge in [-0.25, -0.2) is 0 Å². The summed E-state index contributed by atoms with van der Waals surface area (Å²) in [5, 5.41) is 15.5. The van der Waals surface area contributed by atoms with E-state index in [-0.39, 0.29) is 36.6 Å². The normalized spacial score (nSPS) is 17.7. The van der Waals surface area contributed by atoms with Crippen molar-refractivity contribution in [3.05, 3.63) is 16.0 Å². The molecule has 0 radical (unpaired) electrons. The Balaban J connectivity index is 1.71. The zero-order chi connectivity index (χ0) is 18.7. The van der Waals surface area contributed by atoms with Crippen LogP contribution in [0.3, 0.4) is 0 Å². The molecule has 26 heavy (non-hydrogen) atoms. The van der Waals surface area contributed by atoms with Crippen LogP contribution < -0.4 is 10.6 Å². The van der Waals surface area contributed by atoms with Crippen LogP contribution in [0, 0.1) is 5.92 Å². The molecule has 1 heterocycles. The molecule has 1 aromatic rings. The maximum atomic E-state index is 12.9. The molecule has 0 spiro atoms. The van der Waals surface area contributed by atoms with Crippen LogP contribution in [0.1, 0.15) is 72.7 Å². The van der Waals surface area contributed by atoms with Crippen LogP contribution in [0.15, 0.2) is 0 Å². The van der Waals surface area contributed by atoms with Crippen molar-refractivity contribution in [3.8, 4) is 0 Å². The number of hydrogen-bond acceptors (Lipinski definition) is 4. The molecule has 6 nitrogen and oxygen atoms in total. The Hall–Kier alpha value is -1.89. The third kappa shape index (κ3) is 4.44. The summed E-state index contributed by atoms with van der Waals surface area (Å²) in [5.41, 5.74) is 1.72. The Labute approximate surface area is 157 Å². The summed E-state index contributed by atoms with van der Waals surface area (Å²) in [6, 6.07) is 0.235. The molecule has 2 aliphatic carbocycles. The average molecular weight is 378 g/mol. The summed E-state index contributed by atoms with van der Waals surface area (Å²) < 4.78 is 0. The van der Waals surface area contributed by atoms with Crippen molar-refractivity contribution in [2.75, 3.05) is 5.32 Å².